The van der Waals surface area contributed by atoms with Gasteiger partial charge in [-0.1, -0.05) is 36.2 Å². The molecule has 3 rings (SSSR count). The highest BCUT2D eigenvalue weighted by molar-refractivity contribution is 6.31. The minimum Gasteiger partial charge on any atom is -0.465 e. The molecule has 1 aromatic carbocycles. The van der Waals surface area contributed by atoms with Crippen molar-refractivity contribution in [3.05, 3.63) is 34.9 Å². The van der Waals surface area contributed by atoms with Crippen molar-refractivity contribution >= 4 is 17.7 Å². The number of benzene rings is 1. The van der Waals surface area contributed by atoms with Crippen molar-refractivity contribution in [1.82, 2.24) is 4.90 Å². The number of halogens is 1. The molecule has 2 fully saturated rings. The molecule has 2 aliphatic carbocycles. The van der Waals surface area contributed by atoms with Crippen LogP contribution in [0.3, 0.4) is 0 Å². The van der Waals surface area contributed by atoms with Crippen LogP contribution in [0.1, 0.15) is 43.7 Å². The van der Waals surface area contributed by atoms with Crippen LogP contribution >= 0.6 is 11.6 Å². The van der Waals surface area contributed by atoms with Gasteiger partial charge in [0.2, 0.25) is 0 Å². The molecule has 0 aliphatic heterocycles. The Bertz CT molecular complexity index is 550. The number of fused-ring (bicyclic) bond motifs is 2. The predicted octanol–water partition coefficient (Wildman–Crippen LogP) is 3.93. The Morgan fingerprint density at radius 2 is 2.09 bits per heavy atom. The normalized spacial score (nSPS) is 27.8. The summed E-state index contributed by atoms with van der Waals surface area (Å²) >= 11 is 6.29. The molecule has 22 heavy (non-hydrogen) atoms. The first-order valence-corrected chi connectivity index (χ1v) is 8.36. The molecule has 0 radical (unpaired) electrons. The minimum absolute atomic E-state index is 0.0551. The number of aliphatic hydroxyl groups excluding tert-OH is 1. The molecular formula is C17H22ClNO3. The first kappa shape index (κ1) is 15.6. The lowest BCUT2D eigenvalue weighted by Crippen LogP contribution is -2.45. The molecule has 2 saturated carbocycles. The van der Waals surface area contributed by atoms with Crippen molar-refractivity contribution in [2.45, 2.75) is 44.2 Å². The van der Waals surface area contributed by atoms with Gasteiger partial charge in [-0.15, -0.1) is 0 Å². The highest BCUT2D eigenvalue weighted by atomic mass is 35.5. The summed E-state index contributed by atoms with van der Waals surface area (Å²) in [7, 11) is 0. The molecule has 4 atom stereocenters. The zero-order valence-corrected chi connectivity index (χ0v) is 13.2. The van der Waals surface area contributed by atoms with Gasteiger partial charge in [0.15, 0.2) is 0 Å². The lowest BCUT2D eigenvalue weighted by Gasteiger charge is -2.38. The summed E-state index contributed by atoms with van der Waals surface area (Å²) in [5, 5.41) is 19.8. The van der Waals surface area contributed by atoms with Gasteiger partial charge in [-0.3, -0.25) is 4.90 Å². The molecule has 5 heteroatoms. The van der Waals surface area contributed by atoms with E-state index >= 15 is 0 Å². The smallest absolute Gasteiger partial charge is 0.408 e. The lowest BCUT2D eigenvalue weighted by atomic mass is 9.91. The molecule has 1 aromatic rings. The van der Waals surface area contributed by atoms with Crippen LogP contribution in [-0.2, 0) is 0 Å². The average molecular weight is 324 g/mol. The number of aliphatic hydroxyl groups is 1. The Kier molecular flexibility index (Phi) is 4.59. The van der Waals surface area contributed by atoms with Gasteiger partial charge in [0.05, 0.1) is 6.04 Å². The van der Waals surface area contributed by atoms with Gasteiger partial charge in [-0.25, -0.2) is 4.79 Å². The van der Waals surface area contributed by atoms with Crippen molar-refractivity contribution < 1.29 is 15.0 Å². The number of hydrogen-bond donors (Lipinski definition) is 2. The van der Waals surface area contributed by atoms with E-state index in [9.17, 15) is 15.0 Å². The molecule has 4 nitrogen and oxygen atoms in total. The molecule has 0 aromatic heterocycles. The second-order valence-electron chi connectivity index (χ2n) is 6.48. The SMILES string of the molecule is O=C(O)N(C1CC2CCC1C2)[C@H](CCO)c1ccccc1Cl. The number of hydrogen-bond acceptors (Lipinski definition) is 2. The first-order chi connectivity index (χ1) is 10.6. The fourth-order valence-corrected chi connectivity index (χ4v) is 4.63. The Balaban J connectivity index is 1.93. The summed E-state index contributed by atoms with van der Waals surface area (Å²) in [6, 6.07) is 7.04. The van der Waals surface area contributed by atoms with E-state index in [1.807, 2.05) is 18.2 Å². The Morgan fingerprint density at radius 3 is 2.64 bits per heavy atom. The van der Waals surface area contributed by atoms with E-state index in [1.165, 1.54) is 6.42 Å². The van der Waals surface area contributed by atoms with E-state index in [0.29, 0.717) is 23.3 Å². The Labute approximate surface area is 135 Å². The fraction of sp³-hybridized carbons (Fsp3) is 0.588. The highest BCUT2D eigenvalue weighted by Gasteiger charge is 2.46. The molecular weight excluding hydrogens is 302 g/mol. The van der Waals surface area contributed by atoms with E-state index < -0.39 is 6.09 Å². The van der Waals surface area contributed by atoms with Crippen LogP contribution < -0.4 is 0 Å². The standard InChI is InChI=1S/C17H22ClNO3/c18-14-4-2-1-3-13(14)15(7-8-20)19(17(21)22)16-10-11-5-6-12(16)9-11/h1-4,11-12,15-16,20H,5-10H2,(H,21,22)/t11?,12?,15-,16?/m1/s1. The van der Waals surface area contributed by atoms with Gasteiger partial charge in [0.25, 0.3) is 0 Å². The van der Waals surface area contributed by atoms with Crippen LogP contribution in [0.4, 0.5) is 4.79 Å². The van der Waals surface area contributed by atoms with Crippen LogP contribution in [-0.4, -0.2) is 33.9 Å². The molecule has 1 amide bonds. The molecule has 2 aliphatic rings. The van der Waals surface area contributed by atoms with Crippen LogP contribution in [0.2, 0.25) is 5.02 Å². The summed E-state index contributed by atoms with van der Waals surface area (Å²) in [6.07, 6.45) is 3.91. The quantitative estimate of drug-likeness (QED) is 0.863. The molecule has 120 valence electrons. The van der Waals surface area contributed by atoms with Gasteiger partial charge in [-0.05, 0) is 49.1 Å². The summed E-state index contributed by atoms with van der Waals surface area (Å²) in [4.78, 5) is 13.5. The van der Waals surface area contributed by atoms with Crippen molar-refractivity contribution in [2.75, 3.05) is 6.61 Å². The minimum atomic E-state index is -0.907. The molecule has 2 N–H and O–H groups in total. The van der Waals surface area contributed by atoms with Gasteiger partial charge in [0.1, 0.15) is 0 Å². The Hall–Kier alpha value is -1.26. The number of nitrogens with zero attached hydrogens (tertiary/aromatic N) is 1. The zero-order chi connectivity index (χ0) is 15.7. The molecule has 0 spiro atoms. The van der Waals surface area contributed by atoms with Crippen LogP contribution in [0.25, 0.3) is 0 Å². The maximum atomic E-state index is 12.0. The third kappa shape index (κ3) is 2.82. The van der Waals surface area contributed by atoms with Crippen molar-refractivity contribution in [3.63, 3.8) is 0 Å². The highest BCUT2D eigenvalue weighted by Crippen LogP contribution is 2.49. The molecule has 0 heterocycles. The third-order valence-electron chi connectivity index (χ3n) is 5.28. The van der Waals surface area contributed by atoms with E-state index in [-0.39, 0.29) is 18.7 Å². The van der Waals surface area contributed by atoms with E-state index in [2.05, 4.69) is 0 Å². The first-order valence-electron chi connectivity index (χ1n) is 7.98. The summed E-state index contributed by atoms with van der Waals surface area (Å²) in [5.41, 5.74) is 0.795. The van der Waals surface area contributed by atoms with Gasteiger partial charge < -0.3 is 10.2 Å². The second kappa shape index (κ2) is 6.47. The van der Waals surface area contributed by atoms with Gasteiger partial charge >= 0.3 is 6.09 Å². The van der Waals surface area contributed by atoms with Gasteiger partial charge in [-0.2, -0.15) is 0 Å². The van der Waals surface area contributed by atoms with E-state index in [4.69, 9.17) is 11.6 Å². The second-order valence-corrected chi connectivity index (χ2v) is 6.89. The number of amides is 1. The topological polar surface area (TPSA) is 60.8 Å². The monoisotopic (exact) mass is 323 g/mol. The maximum absolute atomic E-state index is 12.0. The number of carbonyl (C=O) groups is 1. The van der Waals surface area contributed by atoms with E-state index in [1.54, 1.807) is 11.0 Å². The fourth-order valence-electron chi connectivity index (χ4n) is 4.37. The molecule has 0 saturated heterocycles. The van der Waals surface area contributed by atoms with Gasteiger partial charge in [0, 0.05) is 17.7 Å². The number of carboxylic acid groups (broad SMARTS) is 1. The largest absolute Gasteiger partial charge is 0.465 e. The number of rotatable bonds is 5. The summed E-state index contributed by atoms with van der Waals surface area (Å²) in [5.74, 6) is 1.13. The zero-order valence-electron chi connectivity index (χ0n) is 12.5. The Morgan fingerprint density at radius 1 is 1.32 bits per heavy atom. The van der Waals surface area contributed by atoms with Crippen LogP contribution in [0, 0.1) is 11.8 Å². The lowest BCUT2D eigenvalue weighted by molar-refractivity contribution is 0.0673. The maximum Gasteiger partial charge on any atom is 0.408 e. The molecule has 2 bridgehead atoms. The van der Waals surface area contributed by atoms with Crippen LogP contribution in [0.15, 0.2) is 24.3 Å². The van der Waals surface area contributed by atoms with Crippen molar-refractivity contribution in [3.8, 4) is 0 Å². The molecule has 3 unspecified atom stereocenters. The predicted molar refractivity (Wildman–Crippen MR) is 85.0 cm³/mol. The summed E-state index contributed by atoms with van der Waals surface area (Å²) < 4.78 is 0. The third-order valence-corrected chi connectivity index (χ3v) is 5.63. The summed E-state index contributed by atoms with van der Waals surface area (Å²) in [6.45, 7) is -0.0551. The van der Waals surface area contributed by atoms with Crippen molar-refractivity contribution in [2.24, 2.45) is 11.8 Å². The van der Waals surface area contributed by atoms with E-state index in [0.717, 1.165) is 24.8 Å². The average Bonchev–Trinajstić information content (AvgIpc) is 3.10. The van der Waals surface area contributed by atoms with Crippen molar-refractivity contribution in [1.29, 1.82) is 0 Å². The van der Waals surface area contributed by atoms with Crippen LogP contribution in [0.5, 0.6) is 0 Å².